The Kier molecular flexibility index (Phi) is 6.58. The minimum atomic E-state index is -0.251. The van der Waals surface area contributed by atoms with Crippen LogP contribution in [0.3, 0.4) is 0 Å². The normalized spacial score (nSPS) is 14.5. The van der Waals surface area contributed by atoms with Gasteiger partial charge in [-0.05, 0) is 48.0 Å². The molecular formula is C24H23Cl2N3O. The van der Waals surface area contributed by atoms with Gasteiger partial charge in [-0.2, -0.15) is 0 Å². The van der Waals surface area contributed by atoms with Crippen LogP contribution in [0, 0.1) is 0 Å². The summed E-state index contributed by atoms with van der Waals surface area (Å²) in [5.41, 5.74) is 3.65. The average molecular weight is 440 g/mol. The fourth-order valence-corrected chi connectivity index (χ4v) is 4.13. The van der Waals surface area contributed by atoms with E-state index in [2.05, 4.69) is 45.4 Å². The molecule has 1 heterocycles. The van der Waals surface area contributed by atoms with Crippen molar-refractivity contribution in [2.24, 2.45) is 0 Å². The monoisotopic (exact) mass is 439 g/mol. The van der Waals surface area contributed by atoms with Crippen molar-refractivity contribution in [1.82, 2.24) is 4.90 Å². The van der Waals surface area contributed by atoms with Gasteiger partial charge in [0.05, 0.1) is 10.6 Å². The van der Waals surface area contributed by atoms with Gasteiger partial charge in [-0.3, -0.25) is 9.69 Å². The summed E-state index contributed by atoms with van der Waals surface area (Å²) < 4.78 is 0. The Labute approximate surface area is 187 Å². The molecule has 1 saturated heterocycles. The van der Waals surface area contributed by atoms with Crippen molar-refractivity contribution >= 4 is 40.5 Å². The lowest BCUT2D eigenvalue weighted by Gasteiger charge is -2.36. The zero-order valence-electron chi connectivity index (χ0n) is 16.5. The zero-order chi connectivity index (χ0) is 20.9. The first kappa shape index (κ1) is 20.7. The lowest BCUT2D eigenvalue weighted by Crippen LogP contribution is -2.45. The maximum absolute atomic E-state index is 12.5. The number of piperazine rings is 1. The number of rotatable bonds is 5. The molecule has 0 unspecified atom stereocenters. The Morgan fingerprint density at radius 2 is 1.57 bits per heavy atom. The van der Waals surface area contributed by atoms with Crippen LogP contribution < -0.4 is 10.2 Å². The van der Waals surface area contributed by atoms with E-state index in [0.717, 1.165) is 44.1 Å². The number of nitrogens with zero attached hydrogens (tertiary/aromatic N) is 2. The van der Waals surface area contributed by atoms with Crippen LogP contribution in [0.25, 0.3) is 0 Å². The first-order valence-corrected chi connectivity index (χ1v) is 10.7. The van der Waals surface area contributed by atoms with Crippen molar-refractivity contribution in [2.45, 2.75) is 6.54 Å². The first-order chi connectivity index (χ1) is 14.6. The molecule has 0 radical (unpaired) electrons. The third-order valence-corrected chi connectivity index (χ3v) is 5.84. The topological polar surface area (TPSA) is 35.6 Å². The van der Waals surface area contributed by atoms with Crippen molar-refractivity contribution < 1.29 is 4.79 Å². The molecule has 4 nitrogen and oxygen atoms in total. The minimum absolute atomic E-state index is 0.251. The van der Waals surface area contributed by atoms with E-state index in [-0.39, 0.29) is 5.91 Å². The second kappa shape index (κ2) is 9.52. The van der Waals surface area contributed by atoms with Crippen molar-refractivity contribution in [2.75, 3.05) is 36.4 Å². The van der Waals surface area contributed by atoms with Gasteiger partial charge >= 0.3 is 0 Å². The number of halogens is 2. The van der Waals surface area contributed by atoms with Crippen molar-refractivity contribution in [3.63, 3.8) is 0 Å². The molecule has 3 aromatic carbocycles. The summed E-state index contributed by atoms with van der Waals surface area (Å²) in [4.78, 5) is 17.3. The summed E-state index contributed by atoms with van der Waals surface area (Å²) in [6.07, 6.45) is 0. The lowest BCUT2D eigenvalue weighted by molar-refractivity contribution is 0.102. The number of carbonyl (C=O) groups is 1. The van der Waals surface area contributed by atoms with E-state index in [4.69, 9.17) is 23.2 Å². The van der Waals surface area contributed by atoms with Gasteiger partial charge in [0.25, 0.3) is 5.91 Å². The standard InChI is InChI=1S/C24H23Cl2N3O/c25-19-6-11-22(23(26)16-19)24(30)27-20-7-9-21(10-8-20)29-14-12-28(13-15-29)17-18-4-2-1-3-5-18/h1-11,16H,12-15,17H2,(H,27,30). The van der Waals surface area contributed by atoms with Gasteiger partial charge in [0, 0.05) is 49.1 Å². The molecule has 0 atom stereocenters. The van der Waals surface area contributed by atoms with E-state index in [0.29, 0.717) is 15.6 Å². The third kappa shape index (κ3) is 5.14. The molecule has 0 spiro atoms. The molecule has 1 N–H and O–H groups in total. The largest absolute Gasteiger partial charge is 0.369 e. The van der Waals surface area contributed by atoms with Crippen LogP contribution >= 0.6 is 23.2 Å². The Morgan fingerprint density at radius 1 is 0.867 bits per heavy atom. The van der Waals surface area contributed by atoms with Gasteiger partial charge < -0.3 is 10.2 Å². The van der Waals surface area contributed by atoms with Crippen LogP contribution in [0.4, 0.5) is 11.4 Å². The highest BCUT2D eigenvalue weighted by Crippen LogP contribution is 2.24. The molecule has 0 saturated carbocycles. The molecule has 0 bridgehead atoms. The number of nitrogens with one attached hydrogen (secondary N) is 1. The smallest absolute Gasteiger partial charge is 0.257 e. The van der Waals surface area contributed by atoms with Gasteiger partial charge in [0.1, 0.15) is 0 Å². The molecule has 4 rings (SSSR count). The van der Waals surface area contributed by atoms with Gasteiger partial charge in [-0.1, -0.05) is 53.5 Å². The molecule has 0 aliphatic carbocycles. The summed E-state index contributed by atoms with van der Waals surface area (Å²) in [5.74, 6) is -0.251. The Bertz CT molecular complexity index is 1000. The minimum Gasteiger partial charge on any atom is -0.369 e. The summed E-state index contributed by atoms with van der Waals surface area (Å²) >= 11 is 12.0. The van der Waals surface area contributed by atoms with Crippen LogP contribution in [0.15, 0.2) is 72.8 Å². The summed E-state index contributed by atoms with van der Waals surface area (Å²) in [7, 11) is 0. The lowest BCUT2D eigenvalue weighted by atomic mass is 10.1. The highest BCUT2D eigenvalue weighted by molar-refractivity contribution is 6.37. The second-order valence-electron chi connectivity index (χ2n) is 7.37. The molecule has 1 aliphatic heterocycles. The van der Waals surface area contributed by atoms with E-state index in [9.17, 15) is 4.79 Å². The number of benzene rings is 3. The highest BCUT2D eigenvalue weighted by Gasteiger charge is 2.17. The van der Waals surface area contributed by atoms with Crippen LogP contribution in [0.5, 0.6) is 0 Å². The number of hydrogen-bond acceptors (Lipinski definition) is 3. The van der Waals surface area contributed by atoms with Crippen LogP contribution in [-0.4, -0.2) is 37.0 Å². The van der Waals surface area contributed by atoms with E-state index < -0.39 is 0 Å². The average Bonchev–Trinajstić information content (AvgIpc) is 2.75. The van der Waals surface area contributed by atoms with Crippen molar-refractivity contribution in [3.8, 4) is 0 Å². The SMILES string of the molecule is O=C(Nc1ccc(N2CCN(Cc3ccccc3)CC2)cc1)c1ccc(Cl)cc1Cl. The number of carbonyl (C=O) groups excluding carboxylic acids is 1. The van der Waals surface area contributed by atoms with Gasteiger partial charge in [0.15, 0.2) is 0 Å². The highest BCUT2D eigenvalue weighted by atomic mass is 35.5. The molecule has 1 aliphatic rings. The van der Waals surface area contributed by atoms with E-state index in [1.807, 2.05) is 24.3 Å². The van der Waals surface area contributed by atoms with Gasteiger partial charge in [0.2, 0.25) is 0 Å². The second-order valence-corrected chi connectivity index (χ2v) is 8.22. The fraction of sp³-hybridized carbons (Fsp3) is 0.208. The van der Waals surface area contributed by atoms with Crippen LogP contribution in [0.1, 0.15) is 15.9 Å². The van der Waals surface area contributed by atoms with Gasteiger partial charge in [-0.25, -0.2) is 0 Å². The van der Waals surface area contributed by atoms with Crippen LogP contribution in [-0.2, 0) is 6.54 Å². The molecule has 30 heavy (non-hydrogen) atoms. The molecule has 3 aromatic rings. The Hall–Kier alpha value is -2.53. The summed E-state index contributed by atoms with van der Waals surface area (Å²) in [6.45, 7) is 5.02. The maximum atomic E-state index is 12.5. The maximum Gasteiger partial charge on any atom is 0.257 e. The summed E-state index contributed by atoms with van der Waals surface area (Å²) in [6, 6.07) is 23.4. The predicted octanol–water partition coefficient (Wildman–Crippen LogP) is 5.57. The van der Waals surface area contributed by atoms with Crippen molar-refractivity contribution in [1.29, 1.82) is 0 Å². The third-order valence-electron chi connectivity index (χ3n) is 5.29. The van der Waals surface area contributed by atoms with E-state index in [1.54, 1.807) is 18.2 Å². The zero-order valence-corrected chi connectivity index (χ0v) is 18.0. The van der Waals surface area contributed by atoms with E-state index >= 15 is 0 Å². The van der Waals surface area contributed by atoms with E-state index in [1.165, 1.54) is 5.56 Å². The Morgan fingerprint density at radius 3 is 2.23 bits per heavy atom. The fourth-order valence-electron chi connectivity index (χ4n) is 3.63. The van der Waals surface area contributed by atoms with Gasteiger partial charge in [-0.15, -0.1) is 0 Å². The van der Waals surface area contributed by atoms with Crippen molar-refractivity contribution in [3.05, 3.63) is 94.0 Å². The molecular weight excluding hydrogens is 417 g/mol. The number of anilines is 2. The predicted molar refractivity (Wildman–Crippen MR) is 125 cm³/mol. The number of amides is 1. The quantitative estimate of drug-likeness (QED) is 0.564. The summed E-state index contributed by atoms with van der Waals surface area (Å²) in [5, 5.41) is 3.73. The molecule has 0 aromatic heterocycles. The molecule has 1 amide bonds. The van der Waals surface area contributed by atoms with Crippen LogP contribution in [0.2, 0.25) is 10.0 Å². The first-order valence-electron chi connectivity index (χ1n) is 9.96. The Balaban J connectivity index is 1.32. The molecule has 1 fully saturated rings. The molecule has 154 valence electrons. The molecule has 6 heteroatoms. The number of hydrogen-bond donors (Lipinski definition) is 1.